The van der Waals surface area contributed by atoms with Gasteiger partial charge in [0.25, 0.3) is 5.95 Å². The van der Waals surface area contributed by atoms with Crippen molar-refractivity contribution in [3.8, 4) is 0 Å². The quantitative estimate of drug-likeness (QED) is 0.0627. The Morgan fingerprint density at radius 3 is 2.64 bits per heavy atom. The van der Waals surface area contributed by atoms with E-state index in [9.17, 15) is 4.79 Å². The van der Waals surface area contributed by atoms with E-state index in [1.54, 1.807) is 0 Å². The lowest BCUT2D eigenvalue weighted by molar-refractivity contribution is -0.113. The van der Waals surface area contributed by atoms with Crippen molar-refractivity contribution in [2.24, 2.45) is 5.10 Å². The average Bonchev–Trinajstić information content (AvgIpc) is 3.55. The number of nitrogen functional groups attached to an aromatic ring is 1. The SMILES string of the molecule is C/C(=N\Nc1nnc(SCC(=O)Nc2nnc(SCc3ccc(Cl)cc3)s2)n1N)c1ccc2ccccc2c1. The van der Waals surface area contributed by atoms with Gasteiger partial charge in [0.15, 0.2) is 4.34 Å². The molecule has 0 saturated carbocycles. The number of hydrazone groups is 1. The van der Waals surface area contributed by atoms with Gasteiger partial charge in [-0.15, -0.1) is 20.4 Å². The number of carbonyl (C=O) groups excluding carboxylic acids is 1. The monoisotopic (exact) mass is 595 g/mol. The Bertz CT molecular complexity index is 1640. The number of halogens is 1. The number of hydrogen-bond donors (Lipinski definition) is 3. The molecule has 14 heteroatoms. The van der Waals surface area contributed by atoms with E-state index in [2.05, 4.69) is 60.5 Å². The molecule has 0 unspecified atom stereocenters. The maximum Gasteiger partial charge on any atom is 0.264 e. The highest BCUT2D eigenvalue weighted by molar-refractivity contribution is 8.00. The van der Waals surface area contributed by atoms with Crippen molar-refractivity contribution in [3.05, 3.63) is 82.9 Å². The zero-order valence-electron chi connectivity index (χ0n) is 20.5. The van der Waals surface area contributed by atoms with Gasteiger partial charge in [0.1, 0.15) is 0 Å². The maximum atomic E-state index is 12.4. The Morgan fingerprint density at radius 1 is 1.03 bits per heavy atom. The van der Waals surface area contributed by atoms with Gasteiger partial charge in [0.05, 0.1) is 11.5 Å². The topological polar surface area (TPSA) is 136 Å². The van der Waals surface area contributed by atoms with Gasteiger partial charge in [-0.2, -0.15) is 5.10 Å². The van der Waals surface area contributed by atoms with E-state index < -0.39 is 0 Å². The summed E-state index contributed by atoms with van der Waals surface area (Å²) >= 11 is 9.92. The molecular weight excluding hydrogens is 574 g/mol. The Kier molecular flexibility index (Phi) is 8.61. The second-order valence-electron chi connectivity index (χ2n) is 8.17. The zero-order valence-corrected chi connectivity index (χ0v) is 23.7. The molecule has 0 fully saturated rings. The third kappa shape index (κ3) is 7.06. The van der Waals surface area contributed by atoms with Gasteiger partial charge in [-0.25, -0.2) is 10.1 Å². The number of fused-ring (bicyclic) bond motifs is 1. The first-order valence-corrected chi connectivity index (χ1v) is 14.7. The van der Waals surface area contributed by atoms with Crippen LogP contribution in [0.2, 0.25) is 5.02 Å². The molecule has 0 radical (unpaired) electrons. The molecule has 1 amide bonds. The van der Waals surface area contributed by atoms with Crippen LogP contribution in [0.25, 0.3) is 10.8 Å². The van der Waals surface area contributed by atoms with Crippen LogP contribution in [-0.4, -0.2) is 42.4 Å². The van der Waals surface area contributed by atoms with Gasteiger partial charge < -0.3 is 5.84 Å². The lowest BCUT2D eigenvalue weighted by Gasteiger charge is -2.05. The number of nitrogens with two attached hydrogens (primary N) is 1. The molecule has 5 rings (SSSR count). The summed E-state index contributed by atoms with van der Waals surface area (Å²) in [5, 5.41) is 27.2. The van der Waals surface area contributed by atoms with Gasteiger partial charge in [-0.05, 0) is 47.0 Å². The molecule has 5 aromatic rings. The number of carbonyl (C=O) groups is 1. The first-order valence-electron chi connectivity index (χ1n) is 11.6. The van der Waals surface area contributed by atoms with Crippen molar-refractivity contribution in [3.63, 3.8) is 0 Å². The number of anilines is 2. The van der Waals surface area contributed by atoms with Crippen LogP contribution in [0.3, 0.4) is 0 Å². The van der Waals surface area contributed by atoms with Crippen LogP contribution in [0.1, 0.15) is 18.1 Å². The lowest BCUT2D eigenvalue weighted by atomic mass is 10.0. The van der Waals surface area contributed by atoms with E-state index >= 15 is 0 Å². The van der Waals surface area contributed by atoms with Crippen molar-refractivity contribution >= 4 is 79.9 Å². The molecule has 0 aliphatic heterocycles. The summed E-state index contributed by atoms with van der Waals surface area (Å²) in [4.78, 5) is 12.4. The number of aromatic nitrogens is 5. The van der Waals surface area contributed by atoms with Crippen molar-refractivity contribution in [1.29, 1.82) is 0 Å². The second kappa shape index (κ2) is 12.5. The second-order valence-corrected chi connectivity index (χ2v) is 11.8. The molecule has 2 aromatic heterocycles. The molecule has 2 heterocycles. The van der Waals surface area contributed by atoms with Gasteiger partial charge in [0, 0.05) is 10.8 Å². The predicted octanol–water partition coefficient (Wildman–Crippen LogP) is 5.51. The van der Waals surface area contributed by atoms with E-state index in [-0.39, 0.29) is 17.6 Å². The smallest absolute Gasteiger partial charge is 0.264 e. The van der Waals surface area contributed by atoms with Crippen molar-refractivity contribution in [1.82, 2.24) is 25.1 Å². The molecule has 198 valence electrons. The van der Waals surface area contributed by atoms with Crippen LogP contribution in [0, 0.1) is 0 Å². The van der Waals surface area contributed by atoms with Crippen molar-refractivity contribution in [2.75, 3.05) is 22.3 Å². The third-order valence-corrected chi connectivity index (χ3v) is 8.65. The number of benzene rings is 3. The largest absolute Gasteiger partial charge is 0.334 e. The molecule has 0 aliphatic rings. The fourth-order valence-electron chi connectivity index (χ4n) is 3.39. The molecule has 39 heavy (non-hydrogen) atoms. The van der Waals surface area contributed by atoms with Crippen LogP contribution in [0.15, 0.2) is 81.3 Å². The number of nitrogens with one attached hydrogen (secondary N) is 2. The van der Waals surface area contributed by atoms with Crippen molar-refractivity contribution < 1.29 is 4.79 Å². The molecular formula is C25H22ClN9OS3. The summed E-state index contributed by atoms with van der Waals surface area (Å²) in [6, 6.07) is 21.9. The molecule has 4 N–H and O–H groups in total. The highest BCUT2D eigenvalue weighted by atomic mass is 35.5. The number of amides is 1. The molecule has 0 atom stereocenters. The predicted molar refractivity (Wildman–Crippen MR) is 160 cm³/mol. The minimum Gasteiger partial charge on any atom is -0.334 e. The fourth-order valence-corrected chi connectivity index (χ4v) is 5.90. The van der Waals surface area contributed by atoms with Crippen LogP contribution in [0.5, 0.6) is 0 Å². The standard InChI is InChI=1S/C25H22ClN9OS3/c1-15(18-9-8-17-4-2-3-5-19(17)12-18)29-30-22-31-33-24(35(22)27)37-14-21(36)28-23-32-34-25(39-23)38-13-16-6-10-20(26)11-7-16/h2-12H,13-14,27H2,1H3,(H,30,31)(H,28,32,36)/b29-15+. The summed E-state index contributed by atoms with van der Waals surface area (Å²) in [5.41, 5.74) is 5.71. The highest BCUT2D eigenvalue weighted by Gasteiger charge is 2.14. The summed E-state index contributed by atoms with van der Waals surface area (Å²) in [6.45, 7) is 1.89. The van der Waals surface area contributed by atoms with Crippen LogP contribution < -0.4 is 16.6 Å². The number of thioether (sulfide) groups is 2. The summed E-state index contributed by atoms with van der Waals surface area (Å²) in [6.07, 6.45) is 0. The maximum absolute atomic E-state index is 12.4. The Morgan fingerprint density at radius 2 is 1.82 bits per heavy atom. The number of hydrogen-bond acceptors (Lipinski definition) is 11. The normalized spacial score (nSPS) is 11.6. The molecule has 10 nitrogen and oxygen atoms in total. The fraction of sp³-hybridized carbons (Fsp3) is 0.120. The summed E-state index contributed by atoms with van der Waals surface area (Å²) < 4.78 is 2.01. The highest BCUT2D eigenvalue weighted by Crippen LogP contribution is 2.29. The Labute approximate surface area is 241 Å². The van der Waals surface area contributed by atoms with E-state index in [0.29, 0.717) is 15.3 Å². The van der Waals surface area contributed by atoms with Gasteiger partial charge in [0.2, 0.25) is 16.2 Å². The van der Waals surface area contributed by atoms with Crippen LogP contribution in [-0.2, 0) is 10.5 Å². The van der Waals surface area contributed by atoms with E-state index in [0.717, 1.165) is 49.5 Å². The average molecular weight is 596 g/mol. The molecule has 3 aromatic carbocycles. The third-order valence-electron chi connectivity index (χ3n) is 5.42. The van der Waals surface area contributed by atoms with E-state index in [1.165, 1.54) is 27.8 Å². The number of rotatable bonds is 10. The zero-order chi connectivity index (χ0) is 27.2. The molecule has 0 bridgehead atoms. The van der Waals surface area contributed by atoms with Crippen molar-refractivity contribution in [2.45, 2.75) is 22.2 Å². The minimum absolute atomic E-state index is 0.0710. The van der Waals surface area contributed by atoms with Gasteiger partial charge in [-0.1, -0.05) is 95.0 Å². The van der Waals surface area contributed by atoms with Gasteiger partial charge in [-0.3, -0.25) is 10.1 Å². The Hall–Kier alpha value is -3.65. The Balaban J connectivity index is 1.11. The van der Waals surface area contributed by atoms with Gasteiger partial charge >= 0.3 is 0 Å². The molecule has 0 spiro atoms. The summed E-state index contributed by atoms with van der Waals surface area (Å²) in [5.74, 6) is 6.91. The first-order chi connectivity index (χ1) is 18.9. The first kappa shape index (κ1) is 26.9. The molecule has 0 aliphatic carbocycles. The summed E-state index contributed by atoms with van der Waals surface area (Å²) in [7, 11) is 0. The number of nitrogens with zero attached hydrogens (tertiary/aromatic N) is 6. The van der Waals surface area contributed by atoms with E-state index in [4.69, 9.17) is 17.4 Å². The minimum atomic E-state index is -0.256. The van der Waals surface area contributed by atoms with E-state index in [1.807, 2.05) is 49.4 Å². The lowest BCUT2D eigenvalue weighted by Crippen LogP contribution is -2.17. The molecule has 0 saturated heterocycles. The van der Waals surface area contributed by atoms with Crippen LogP contribution in [0.4, 0.5) is 11.1 Å². The van der Waals surface area contributed by atoms with Crippen LogP contribution >= 0.6 is 46.5 Å².